The van der Waals surface area contributed by atoms with Gasteiger partial charge in [0, 0.05) is 11.7 Å². The molecule has 3 nitrogen and oxygen atoms in total. The van der Waals surface area contributed by atoms with Crippen LogP contribution in [0.3, 0.4) is 0 Å². The third-order valence-electron chi connectivity index (χ3n) is 5.04. The Bertz CT molecular complexity index is 599. The van der Waals surface area contributed by atoms with Crippen LogP contribution >= 0.6 is 0 Å². The van der Waals surface area contributed by atoms with Gasteiger partial charge in [0.2, 0.25) is 0 Å². The fourth-order valence-electron chi connectivity index (χ4n) is 3.91. The fourth-order valence-corrected chi connectivity index (χ4v) is 6.26. The number of nitrogens with one attached hydrogen (secondary N) is 1. The van der Waals surface area contributed by atoms with Crippen molar-refractivity contribution in [2.24, 2.45) is 5.41 Å². The molecule has 2 aliphatic rings. The van der Waals surface area contributed by atoms with E-state index in [2.05, 4.69) is 43.4 Å². The Labute approximate surface area is 128 Å². The molecule has 2 fully saturated rings. The molecule has 1 heterocycles. The third-order valence-corrected chi connectivity index (χ3v) is 7.15. The molecule has 116 valence electrons. The van der Waals surface area contributed by atoms with Gasteiger partial charge >= 0.3 is 0 Å². The summed E-state index contributed by atoms with van der Waals surface area (Å²) in [4.78, 5) is 0. The van der Waals surface area contributed by atoms with E-state index in [-0.39, 0.29) is 5.41 Å². The lowest BCUT2D eigenvalue weighted by Gasteiger charge is -2.46. The normalized spacial score (nSPS) is 24.0. The highest BCUT2D eigenvalue weighted by Gasteiger charge is 2.49. The Balaban J connectivity index is 1.61. The van der Waals surface area contributed by atoms with Gasteiger partial charge in [-0.05, 0) is 48.6 Å². The number of anilines is 1. The van der Waals surface area contributed by atoms with Crippen molar-refractivity contribution in [1.82, 2.24) is 0 Å². The topological polar surface area (TPSA) is 46.2 Å². The van der Waals surface area contributed by atoms with Crippen molar-refractivity contribution < 1.29 is 8.42 Å². The first-order valence-corrected chi connectivity index (χ1v) is 9.77. The van der Waals surface area contributed by atoms with Crippen molar-refractivity contribution in [3.8, 4) is 0 Å². The van der Waals surface area contributed by atoms with Gasteiger partial charge in [-0.25, -0.2) is 8.42 Å². The summed E-state index contributed by atoms with van der Waals surface area (Å²) in [5.41, 5.74) is 2.73. The fraction of sp³-hybridized carbons (Fsp3) is 0.647. The molecule has 0 bridgehead atoms. The van der Waals surface area contributed by atoms with E-state index < -0.39 is 9.84 Å². The average Bonchev–Trinajstić information content (AvgIpc) is 2.40. The molecule has 1 aromatic rings. The predicted octanol–water partition coefficient (Wildman–Crippen LogP) is 3.58. The minimum Gasteiger partial charge on any atom is -0.382 e. The zero-order valence-corrected chi connectivity index (χ0v) is 13.7. The standard InChI is InChI=1S/C17H25NO2S/c1-13(2)15-5-3-4-6-16(15)18-14-7-9-17(10-8-14)11-21(19,20)12-17/h3-6,13-14,18H,7-12H2,1-2H3. The maximum Gasteiger partial charge on any atom is 0.151 e. The van der Waals surface area contributed by atoms with Crippen molar-refractivity contribution in [2.45, 2.75) is 51.5 Å². The summed E-state index contributed by atoms with van der Waals surface area (Å²) in [6.07, 6.45) is 4.27. The molecule has 1 aliphatic carbocycles. The first-order valence-electron chi connectivity index (χ1n) is 7.95. The lowest BCUT2D eigenvalue weighted by Crippen LogP contribution is -2.51. The summed E-state index contributed by atoms with van der Waals surface area (Å²) in [5, 5.41) is 3.69. The number of para-hydroxylation sites is 1. The Morgan fingerprint density at radius 2 is 1.76 bits per heavy atom. The van der Waals surface area contributed by atoms with E-state index in [4.69, 9.17) is 0 Å². The number of hydrogen-bond donors (Lipinski definition) is 1. The van der Waals surface area contributed by atoms with Crippen LogP contribution in [-0.2, 0) is 9.84 Å². The molecule has 3 rings (SSSR count). The van der Waals surface area contributed by atoms with Crippen LogP contribution in [0.2, 0.25) is 0 Å². The summed E-state index contributed by atoms with van der Waals surface area (Å²) in [6.45, 7) is 4.44. The summed E-state index contributed by atoms with van der Waals surface area (Å²) >= 11 is 0. The van der Waals surface area contributed by atoms with Gasteiger partial charge in [-0.1, -0.05) is 32.0 Å². The lowest BCUT2D eigenvalue weighted by molar-refractivity contribution is 0.216. The van der Waals surface area contributed by atoms with Gasteiger partial charge in [0.15, 0.2) is 9.84 Å². The molecule has 1 aromatic carbocycles. The van der Waals surface area contributed by atoms with E-state index in [1.165, 1.54) is 11.3 Å². The number of sulfone groups is 1. The molecule has 21 heavy (non-hydrogen) atoms. The molecule has 1 spiro atoms. The monoisotopic (exact) mass is 307 g/mol. The van der Waals surface area contributed by atoms with Crippen LogP contribution in [0.25, 0.3) is 0 Å². The van der Waals surface area contributed by atoms with Gasteiger partial charge in [-0.2, -0.15) is 0 Å². The SMILES string of the molecule is CC(C)c1ccccc1NC1CCC2(CC1)CS(=O)(=O)C2. The van der Waals surface area contributed by atoms with E-state index in [0.717, 1.165) is 25.7 Å². The molecular formula is C17H25NO2S. The number of benzene rings is 1. The van der Waals surface area contributed by atoms with Gasteiger partial charge in [0.05, 0.1) is 11.5 Å². The van der Waals surface area contributed by atoms with Gasteiger partial charge in [-0.15, -0.1) is 0 Å². The highest BCUT2D eigenvalue weighted by Crippen LogP contribution is 2.46. The van der Waals surface area contributed by atoms with Gasteiger partial charge < -0.3 is 5.32 Å². The molecular weight excluding hydrogens is 282 g/mol. The molecule has 4 heteroatoms. The quantitative estimate of drug-likeness (QED) is 0.928. The number of hydrogen-bond acceptors (Lipinski definition) is 3. The molecule has 1 N–H and O–H groups in total. The van der Waals surface area contributed by atoms with Crippen LogP contribution in [-0.4, -0.2) is 26.0 Å². The van der Waals surface area contributed by atoms with Crippen LogP contribution in [0, 0.1) is 5.41 Å². The van der Waals surface area contributed by atoms with Crippen molar-refractivity contribution in [2.75, 3.05) is 16.8 Å². The minimum atomic E-state index is -2.70. The highest BCUT2D eigenvalue weighted by molar-refractivity contribution is 7.92. The van der Waals surface area contributed by atoms with Crippen molar-refractivity contribution in [3.05, 3.63) is 29.8 Å². The van der Waals surface area contributed by atoms with E-state index in [0.29, 0.717) is 23.5 Å². The maximum atomic E-state index is 11.4. The van der Waals surface area contributed by atoms with Crippen molar-refractivity contribution >= 4 is 15.5 Å². The summed E-state index contributed by atoms with van der Waals surface area (Å²) in [6, 6.07) is 9.01. The molecule has 0 radical (unpaired) electrons. The second kappa shape index (κ2) is 5.31. The zero-order valence-electron chi connectivity index (χ0n) is 12.9. The molecule has 1 saturated carbocycles. The van der Waals surface area contributed by atoms with Crippen molar-refractivity contribution in [3.63, 3.8) is 0 Å². The predicted molar refractivity (Wildman–Crippen MR) is 87.5 cm³/mol. The molecule has 1 aliphatic heterocycles. The molecule has 0 unspecified atom stereocenters. The van der Waals surface area contributed by atoms with Crippen LogP contribution in [0.5, 0.6) is 0 Å². The summed E-state index contributed by atoms with van der Waals surface area (Å²) in [5.74, 6) is 1.37. The third kappa shape index (κ3) is 3.10. The summed E-state index contributed by atoms with van der Waals surface area (Å²) in [7, 11) is -2.70. The van der Waals surface area contributed by atoms with E-state index in [1.807, 2.05) is 0 Å². The van der Waals surface area contributed by atoms with Crippen molar-refractivity contribution in [1.29, 1.82) is 0 Å². The molecule has 0 aromatic heterocycles. The van der Waals surface area contributed by atoms with Crippen LogP contribution in [0.4, 0.5) is 5.69 Å². The number of rotatable bonds is 3. The van der Waals surface area contributed by atoms with Crippen LogP contribution in [0.15, 0.2) is 24.3 Å². The zero-order chi connectivity index (χ0) is 15.1. The van der Waals surface area contributed by atoms with Crippen LogP contribution in [0.1, 0.15) is 51.0 Å². The van der Waals surface area contributed by atoms with E-state index in [9.17, 15) is 8.42 Å². The van der Waals surface area contributed by atoms with Crippen LogP contribution < -0.4 is 5.32 Å². The molecule has 0 atom stereocenters. The van der Waals surface area contributed by atoms with Gasteiger partial charge in [0.25, 0.3) is 0 Å². The van der Waals surface area contributed by atoms with E-state index in [1.54, 1.807) is 0 Å². The van der Waals surface area contributed by atoms with Gasteiger partial charge in [-0.3, -0.25) is 0 Å². The van der Waals surface area contributed by atoms with E-state index >= 15 is 0 Å². The Hall–Kier alpha value is -1.03. The average molecular weight is 307 g/mol. The first kappa shape index (κ1) is 14.9. The molecule has 1 saturated heterocycles. The Kier molecular flexibility index (Phi) is 3.76. The highest BCUT2D eigenvalue weighted by atomic mass is 32.2. The Morgan fingerprint density at radius 1 is 1.14 bits per heavy atom. The minimum absolute atomic E-state index is 0.120. The first-order chi connectivity index (χ1) is 9.89. The van der Waals surface area contributed by atoms with Gasteiger partial charge in [0.1, 0.15) is 0 Å². The summed E-state index contributed by atoms with van der Waals surface area (Å²) < 4.78 is 22.9. The smallest absolute Gasteiger partial charge is 0.151 e. The lowest BCUT2D eigenvalue weighted by atomic mass is 9.74. The Morgan fingerprint density at radius 3 is 2.33 bits per heavy atom. The largest absolute Gasteiger partial charge is 0.382 e. The maximum absolute atomic E-state index is 11.4. The second-order valence-electron chi connectivity index (χ2n) is 7.19. The molecule has 0 amide bonds. The second-order valence-corrected chi connectivity index (χ2v) is 9.26.